The molecule has 0 spiro atoms. The zero-order valence-electron chi connectivity index (χ0n) is 15.6. The molecule has 2 aliphatic heterocycles. The number of nitrogens with zero attached hydrogens (tertiary/aromatic N) is 2. The van der Waals surface area contributed by atoms with E-state index in [0.29, 0.717) is 63.1 Å². The molecule has 1 fully saturated rings. The second-order valence-corrected chi connectivity index (χ2v) is 7.16. The van der Waals surface area contributed by atoms with Crippen molar-refractivity contribution in [1.29, 1.82) is 0 Å². The Morgan fingerprint density at radius 3 is 2.43 bits per heavy atom. The normalized spacial score (nSPS) is 18.6. The van der Waals surface area contributed by atoms with E-state index in [4.69, 9.17) is 9.47 Å². The Labute approximate surface area is 163 Å². The number of benzene rings is 2. The van der Waals surface area contributed by atoms with Crippen molar-refractivity contribution in [3.8, 4) is 11.5 Å². The maximum Gasteiger partial charge on any atom is 0.161 e. The summed E-state index contributed by atoms with van der Waals surface area (Å²) in [6.45, 7) is 4.35. The van der Waals surface area contributed by atoms with E-state index < -0.39 is 17.7 Å². The van der Waals surface area contributed by atoms with E-state index in [-0.39, 0.29) is 0 Å². The van der Waals surface area contributed by atoms with Crippen molar-refractivity contribution in [1.82, 2.24) is 4.90 Å². The van der Waals surface area contributed by atoms with Gasteiger partial charge >= 0.3 is 0 Å². The number of aliphatic hydroxyl groups excluding tert-OH is 1. The molecule has 4 rings (SSSR count). The summed E-state index contributed by atoms with van der Waals surface area (Å²) in [6.07, 6.45) is 0.192. The van der Waals surface area contributed by atoms with Crippen LogP contribution in [0.4, 0.5) is 14.5 Å². The number of hydrogen-bond donors (Lipinski definition) is 1. The molecule has 1 N–H and O–H groups in total. The van der Waals surface area contributed by atoms with Gasteiger partial charge < -0.3 is 19.5 Å². The Morgan fingerprint density at radius 1 is 0.929 bits per heavy atom. The first-order valence-corrected chi connectivity index (χ1v) is 9.60. The minimum Gasteiger partial charge on any atom is -0.490 e. The van der Waals surface area contributed by atoms with Gasteiger partial charge in [-0.1, -0.05) is 6.07 Å². The molecule has 1 saturated heterocycles. The summed E-state index contributed by atoms with van der Waals surface area (Å²) < 4.78 is 38.4. The number of ether oxygens (including phenoxy) is 2. The Bertz CT molecular complexity index is 825. The Balaban J connectivity index is 1.35. The number of piperazine rings is 1. The van der Waals surface area contributed by atoms with Crippen molar-refractivity contribution in [3.63, 3.8) is 0 Å². The molecule has 2 aromatic rings. The van der Waals surface area contributed by atoms with E-state index in [1.807, 2.05) is 23.1 Å². The highest BCUT2D eigenvalue weighted by atomic mass is 19.1. The van der Waals surface area contributed by atoms with Crippen LogP contribution < -0.4 is 14.4 Å². The first-order valence-electron chi connectivity index (χ1n) is 9.60. The minimum absolute atomic E-state index is 0.421. The fourth-order valence-corrected chi connectivity index (χ4v) is 3.65. The summed E-state index contributed by atoms with van der Waals surface area (Å²) in [5.74, 6) is 0.271. The van der Waals surface area contributed by atoms with Crippen molar-refractivity contribution in [2.75, 3.05) is 50.8 Å². The number of aliphatic hydroxyl groups is 1. The SMILES string of the molecule is O[C@H](CN1CCN(c2ccc(F)cc2F)CC1)c1ccc2c(c1)OCCCO2. The second-order valence-electron chi connectivity index (χ2n) is 7.16. The second kappa shape index (κ2) is 8.32. The van der Waals surface area contributed by atoms with Crippen LogP contribution in [0.3, 0.4) is 0 Å². The molecule has 0 radical (unpaired) electrons. The van der Waals surface area contributed by atoms with Crippen molar-refractivity contribution in [2.45, 2.75) is 12.5 Å². The number of rotatable bonds is 4. The highest BCUT2D eigenvalue weighted by Gasteiger charge is 2.23. The maximum atomic E-state index is 14.0. The summed E-state index contributed by atoms with van der Waals surface area (Å²) in [4.78, 5) is 4.05. The predicted molar refractivity (Wildman–Crippen MR) is 102 cm³/mol. The van der Waals surface area contributed by atoms with Gasteiger partial charge in [0.15, 0.2) is 11.5 Å². The van der Waals surface area contributed by atoms with Crippen molar-refractivity contribution < 1.29 is 23.4 Å². The lowest BCUT2D eigenvalue weighted by Gasteiger charge is -2.37. The molecular formula is C21H24F2N2O3. The molecule has 7 heteroatoms. The minimum atomic E-state index is -0.647. The first kappa shape index (κ1) is 19.0. The zero-order valence-corrected chi connectivity index (χ0v) is 15.6. The molecule has 0 saturated carbocycles. The standard InChI is InChI=1S/C21H24F2N2O3/c22-16-3-4-18(17(23)13-16)25-8-6-24(7-9-25)14-19(26)15-2-5-20-21(12-15)28-11-1-10-27-20/h2-5,12-13,19,26H,1,6-11,14H2/t19-/m1/s1. The third-order valence-corrected chi connectivity index (χ3v) is 5.21. The van der Waals surface area contributed by atoms with Gasteiger partial charge in [-0.3, -0.25) is 4.90 Å². The van der Waals surface area contributed by atoms with Crippen LogP contribution in [-0.4, -0.2) is 55.9 Å². The fraction of sp³-hybridized carbons (Fsp3) is 0.429. The lowest BCUT2D eigenvalue weighted by Crippen LogP contribution is -2.47. The van der Waals surface area contributed by atoms with E-state index in [2.05, 4.69) is 4.90 Å². The summed E-state index contributed by atoms with van der Waals surface area (Å²) in [5, 5.41) is 10.6. The summed E-state index contributed by atoms with van der Waals surface area (Å²) in [5.41, 5.74) is 1.21. The van der Waals surface area contributed by atoms with Crippen LogP contribution in [0.15, 0.2) is 36.4 Å². The zero-order chi connectivity index (χ0) is 19.5. The fourth-order valence-electron chi connectivity index (χ4n) is 3.65. The van der Waals surface area contributed by atoms with Gasteiger partial charge in [0.2, 0.25) is 0 Å². The van der Waals surface area contributed by atoms with Gasteiger partial charge in [0.1, 0.15) is 11.6 Å². The van der Waals surface area contributed by atoms with Gasteiger partial charge in [-0.25, -0.2) is 8.78 Å². The number of anilines is 1. The summed E-state index contributed by atoms with van der Waals surface area (Å²) in [6, 6.07) is 9.22. The molecule has 0 aromatic heterocycles. The largest absolute Gasteiger partial charge is 0.490 e. The monoisotopic (exact) mass is 390 g/mol. The number of halogens is 2. The number of hydrogen-bond acceptors (Lipinski definition) is 5. The number of fused-ring (bicyclic) bond motifs is 1. The van der Waals surface area contributed by atoms with Gasteiger partial charge in [0.25, 0.3) is 0 Å². The van der Waals surface area contributed by atoms with Crippen LogP contribution in [0.25, 0.3) is 0 Å². The van der Waals surface area contributed by atoms with E-state index in [0.717, 1.165) is 18.1 Å². The van der Waals surface area contributed by atoms with Gasteiger partial charge in [-0.05, 0) is 29.8 Å². The van der Waals surface area contributed by atoms with Crippen molar-refractivity contribution in [3.05, 3.63) is 53.6 Å². The molecule has 2 heterocycles. The predicted octanol–water partition coefficient (Wildman–Crippen LogP) is 2.98. The van der Waals surface area contributed by atoms with E-state index in [1.54, 1.807) is 0 Å². The van der Waals surface area contributed by atoms with Crippen LogP contribution in [0.5, 0.6) is 11.5 Å². The molecule has 150 valence electrons. The highest BCUT2D eigenvalue weighted by Crippen LogP contribution is 2.32. The van der Waals surface area contributed by atoms with E-state index in [9.17, 15) is 13.9 Å². The summed E-state index contributed by atoms with van der Waals surface area (Å²) >= 11 is 0. The Kier molecular flexibility index (Phi) is 5.64. The van der Waals surface area contributed by atoms with Crippen LogP contribution in [-0.2, 0) is 0 Å². The number of β-amino-alcohol motifs (C(OH)–C–C–N with tert-alkyl or cyclic N) is 1. The van der Waals surface area contributed by atoms with Gasteiger partial charge in [-0.2, -0.15) is 0 Å². The molecule has 1 atom stereocenters. The Hall–Kier alpha value is -2.38. The molecule has 2 aliphatic rings. The maximum absolute atomic E-state index is 14.0. The molecule has 0 aliphatic carbocycles. The van der Waals surface area contributed by atoms with E-state index in [1.165, 1.54) is 12.1 Å². The average molecular weight is 390 g/mol. The van der Waals surface area contributed by atoms with Crippen molar-refractivity contribution in [2.24, 2.45) is 0 Å². The smallest absolute Gasteiger partial charge is 0.161 e. The molecule has 0 bridgehead atoms. The molecular weight excluding hydrogens is 366 g/mol. The topological polar surface area (TPSA) is 45.2 Å². The van der Waals surface area contributed by atoms with Gasteiger partial charge in [0, 0.05) is 45.2 Å². The van der Waals surface area contributed by atoms with Gasteiger partial charge in [-0.15, -0.1) is 0 Å². The Morgan fingerprint density at radius 2 is 1.68 bits per heavy atom. The molecule has 5 nitrogen and oxygen atoms in total. The van der Waals surface area contributed by atoms with Crippen LogP contribution in [0.2, 0.25) is 0 Å². The highest BCUT2D eigenvalue weighted by molar-refractivity contribution is 5.48. The lowest BCUT2D eigenvalue weighted by atomic mass is 10.1. The lowest BCUT2D eigenvalue weighted by molar-refractivity contribution is 0.109. The summed E-state index contributed by atoms with van der Waals surface area (Å²) in [7, 11) is 0. The van der Waals surface area contributed by atoms with Crippen LogP contribution in [0, 0.1) is 11.6 Å². The average Bonchev–Trinajstić information content (AvgIpc) is 2.93. The molecule has 2 aromatic carbocycles. The van der Waals surface area contributed by atoms with Crippen LogP contribution >= 0.6 is 0 Å². The quantitative estimate of drug-likeness (QED) is 0.870. The molecule has 0 unspecified atom stereocenters. The molecule has 28 heavy (non-hydrogen) atoms. The van der Waals surface area contributed by atoms with Gasteiger partial charge in [0.05, 0.1) is 25.0 Å². The first-order chi connectivity index (χ1) is 13.6. The third-order valence-electron chi connectivity index (χ3n) is 5.21. The van der Waals surface area contributed by atoms with Crippen LogP contribution in [0.1, 0.15) is 18.1 Å². The third kappa shape index (κ3) is 4.20. The van der Waals surface area contributed by atoms with Crippen molar-refractivity contribution >= 4 is 5.69 Å². The van der Waals surface area contributed by atoms with E-state index >= 15 is 0 Å². The molecule has 0 amide bonds.